The number of hydrogen-bond donors (Lipinski definition) is 0. The number of ketones is 1. The molecule has 0 amide bonds. The van der Waals surface area contributed by atoms with Gasteiger partial charge in [0.05, 0.1) is 0 Å². The number of hydrogen-bond acceptors (Lipinski definition) is 4. The molecule has 0 N–H and O–H groups in total. The van der Waals surface area contributed by atoms with Gasteiger partial charge in [0.15, 0.2) is 5.78 Å². The minimum absolute atomic E-state index is 0. The van der Waals surface area contributed by atoms with E-state index in [9.17, 15) is 4.79 Å². The van der Waals surface area contributed by atoms with Crippen LogP contribution in [0, 0.1) is 0 Å². The number of rotatable bonds is 6. The summed E-state index contributed by atoms with van der Waals surface area (Å²) in [6.45, 7) is 5.38. The molecule has 0 aromatic rings. The Hall–Kier alpha value is -1.23. The van der Waals surface area contributed by atoms with Crippen LogP contribution in [0.4, 0.5) is 0 Å². The highest BCUT2D eigenvalue weighted by atomic mass is 16.7. The fraction of sp³-hybridized carbons (Fsp3) is 0.588. The highest BCUT2D eigenvalue weighted by molar-refractivity contribution is 5.96. The second-order valence-corrected chi connectivity index (χ2v) is 3.95. The van der Waals surface area contributed by atoms with Crippen LogP contribution in [-0.2, 0) is 14.3 Å². The molecule has 0 heterocycles. The zero-order valence-corrected chi connectivity index (χ0v) is 13.1. The van der Waals surface area contributed by atoms with Crippen LogP contribution in [-0.4, -0.2) is 45.4 Å². The first kappa shape index (κ1) is 28.0. The summed E-state index contributed by atoms with van der Waals surface area (Å²) >= 11 is 0. The van der Waals surface area contributed by atoms with Crippen LogP contribution in [0.15, 0.2) is 36.0 Å². The third-order valence-corrected chi connectivity index (χ3v) is 2.05. The maximum atomic E-state index is 10.9. The second kappa shape index (κ2) is 18.8. The van der Waals surface area contributed by atoms with E-state index in [0.29, 0.717) is 0 Å². The number of carbonyl (C=O) groups excluding carboxylic acids is 1. The molecule has 126 valence electrons. The number of nitrogens with zero attached hydrogens (tertiary/aromatic N) is 1. The summed E-state index contributed by atoms with van der Waals surface area (Å²) in [4.78, 5) is 12.7. The van der Waals surface area contributed by atoms with Crippen molar-refractivity contribution in [1.29, 1.82) is 0 Å². The van der Waals surface area contributed by atoms with Crippen LogP contribution in [0.5, 0.6) is 0 Å². The molecule has 0 aromatic heterocycles. The molecular weight excluding hydrogens is 266 g/mol. The third-order valence-electron chi connectivity index (χ3n) is 2.05. The number of Topliss-reactive ketones (excluding diaryl/α,β-unsaturated/α-hetero) is 1. The zero-order chi connectivity index (χ0) is 15.3. The molecule has 0 saturated carbocycles. The van der Waals surface area contributed by atoms with Gasteiger partial charge in [-0.15, -0.1) is 0 Å². The summed E-state index contributed by atoms with van der Waals surface area (Å²) in [5, 5.41) is 0. The van der Waals surface area contributed by atoms with Crippen molar-refractivity contribution in [2.24, 2.45) is 0 Å². The number of allylic oxidation sites excluding steroid dienone is 6. The smallest absolute Gasteiger partial charge is 0.217 e. The maximum absolute atomic E-state index is 10.9. The Bertz CT molecular complexity index is 314. The predicted molar refractivity (Wildman–Crippen MR) is 93.3 cm³/mol. The van der Waals surface area contributed by atoms with Crippen molar-refractivity contribution in [3.8, 4) is 0 Å². The quantitative estimate of drug-likeness (QED) is 0.421. The van der Waals surface area contributed by atoms with E-state index < -0.39 is 0 Å². The minimum atomic E-state index is -0.213. The molecule has 0 aliphatic carbocycles. The average molecular weight is 301 g/mol. The average Bonchev–Trinajstić information content (AvgIpc) is 2.36. The summed E-state index contributed by atoms with van der Waals surface area (Å²) in [6.07, 6.45) is 9.01. The van der Waals surface area contributed by atoms with Crippen molar-refractivity contribution in [2.75, 3.05) is 28.3 Å². The van der Waals surface area contributed by atoms with E-state index >= 15 is 0 Å². The van der Waals surface area contributed by atoms with E-state index in [-0.39, 0.29) is 27.1 Å². The topological polar surface area (TPSA) is 38.8 Å². The summed E-state index contributed by atoms with van der Waals surface area (Å²) in [5.74, 6) is 0.0983. The Kier molecular flexibility index (Phi) is 25.0. The molecule has 21 heavy (non-hydrogen) atoms. The predicted octanol–water partition coefficient (Wildman–Crippen LogP) is 4.05. The second-order valence-electron chi connectivity index (χ2n) is 3.95. The van der Waals surface area contributed by atoms with E-state index in [1.165, 1.54) is 0 Å². The van der Waals surface area contributed by atoms with Gasteiger partial charge in [-0.1, -0.05) is 45.2 Å². The SMILES string of the molecule is C.C.COC(OC)N(C)C.C\C=C/C=C(\C=C/C)C(C)=O. The van der Waals surface area contributed by atoms with Gasteiger partial charge in [-0.05, 0) is 34.9 Å². The Morgan fingerprint density at radius 1 is 1.05 bits per heavy atom. The van der Waals surface area contributed by atoms with Crippen molar-refractivity contribution in [1.82, 2.24) is 4.90 Å². The van der Waals surface area contributed by atoms with Crippen molar-refractivity contribution in [3.63, 3.8) is 0 Å². The molecule has 0 unspecified atom stereocenters. The van der Waals surface area contributed by atoms with E-state index in [2.05, 4.69) is 0 Å². The standard InChI is InChI=1S/C10H14O.C5H13NO2.2CH4/c1-4-6-8-10(7-5-2)9(3)11;1-6(2)5(7-3)8-4;;/h4-8H,1-3H3;5H,1-4H3;2*1H4/b6-4-,7-5-,10-8+;;;. The van der Waals surface area contributed by atoms with Gasteiger partial charge < -0.3 is 9.47 Å². The highest BCUT2D eigenvalue weighted by Gasteiger charge is 2.04. The first-order chi connectivity index (χ1) is 8.94. The molecule has 0 saturated heterocycles. The van der Waals surface area contributed by atoms with E-state index in [1.807, 2.05) is 63.2 Å². The van der Waals surface area contributed by atoms with Gasteiger partial charge in [0.25, 0.3) is 0 Å². The Balaban J connectivity index is -0.000000131. The molecule has 0 spiro atoms. The van der Waals surface area contributed by atoms with Gasteiger partial charge in [-0.3, -0.25) is 9.69 Å². The van der Waals surface area contributed by atoms with Gasteiger partial charge in [0, 0.05) is 19.8 Å². The lowest BCUT2D eigenvalue weighted by Crippen LogP contribution is -2.30. The van der Waals surface area contributed by atoms with Crippen molar-refractivity contribution in [3.05, 3.63) is 36.0 Å². The summed E-state index contributed by atoms with van der Waals surface area (Å²) in [7, 11) is 6.98. The summed E-state index contributed by atoms with van der Waals surface area (Å²) in [5.41, 5.74) is 0.741. The van der Waals surface area contributed by atoms with E-state index in [1.54, 1.807) is 21.1 Å². The van der Waals surface area contributed by atoms with Crippen molar-refractivity contribution >= 4 is 5.78 Å². The van der Waals surface area contributed by atoms with E-state index in [4.69, 9.17) is 9.47 Å². The van der Waals surface area contributed by atoms with Gasteiger partial charge >= 0.3 is 0 Å². The van der Waals surface area contributed by atoms with Crippen LogP contribution in [0.2, 0.25) is 0 Å². The number of methoxy groups -OCH3 is 2. The van der Waals surface area contributed by atoms with Gasteiger partial charge in [0.2, 0.25) is 6.41 Å². The van der Waals surface area contributed by atoms with Crippen LogP contribution < -0.4 is 0 Å². The highest BCUT2D eigenvalue weighted by Crippen LogP contribution is 1.98. The first-order valence-corrected chi connectivity index (χ1v) is 6.13. The molecular formula is C17H35NO3. The third kappa shape index (κ3) is 16.7. The fourth-order valence-corrected chi connectivity index (χ4v) is 1.19. The van der Waals surface area contributed by atoms with Crippen LogP contribution in [0.3, 0.4) is 0 Å². The zero-order valence-electron chi connectivity index (χ0n) is 13.1. The van der Waals surface area contributed by atoms with Crippen LogP contribution in [0.1, 0.15) is 35.6 Å². The van der Waals surface area contributed by atoms with Gasteiger partial charge in [-0.2, -0.15) is 0 Å². The van der Waals surface area contributed by atoms with Crippen molar-refractivity contribution in [2.45, 2.75) is 42.0 Å². The maximum Gasteiger partial charge on any atom is 0.217 e. The lowest BCUT2D eigenvalue weighted by Gasteiger charge is -2.19. The normalized spacial score (nSPS) is 11.2. The monoisotopic (exact) mass is 301 g/mol. The van der Waals surface area contributed by atoms with Gasteiger partial charge in [-0.25, -0.2) is 0 Å². The van der Waals surface area contributed by atoms with Crippen molar-refractivity contribution < 1.29 is 14.3 Å². The lowest BCUT2D eigenvalue weighted by molar-refractivity contribution is -0.179. The molecule has 0 aliphatic rings. The van der Waals surface area contributed by atoms with Crippen LogP contribution >= 0.6 is 0 Å². The molecule has 0 aromatic carbocycles. The molecule has 0 fully saturated rings. The summed E-state index contributed by atoms with van der Waals surface area (Å²) < 4.78 is 9.73. The Labute approximate surface area is 132 Å². The molecule has 4 nitrogen and oxygen atoms in total. The number of carbonyl (C=O) groups is 1. The Morgan fingerprint density at radius 2 is 1.52 bits per heavy atom. The first-order valence-electron chi connectivity index (χ1n) is 6.13. The fourth-order valence-electron chi connectivity index (χ4n) is 1.19. The molecule has 4 heteroatoms. The Morgan fingerprint density at radius 3 is 1.71 bits per heavy atom. The molecule has 0 atom stereocenters. The molecule has 0 rings (SSSR count). The summed E-state index contributed by atoms with van der Waals surface area (Å²) in [6, 6.07) is 0. The van der Waals surface area contributed by atoms with Crippen LogP contribution in [0.25, 0.3) is 0 Å². The molecule has 0 bridgehead atoms. The molecule has 0 aliphatic heterocycles. The van der Waals surface area contributed by atoms with E-state index in [0.717, 1.165) is 5.57 Å². The largest absolute Gasteiger partial charge is 0.343 e. The minimum Gasteiger partial charge on any atom is -0.343 e. The van der Waals surface area contributed by atoms with Gasteiger partial charge in [0.1, 0.15) is 0 Å². The lowest BCUT2D eigenvalue weighted by atomic mass is 10.1. The number of ether oxygens (including phenoxy) is 2. The molecule has 0 radical (unpaired) electrons.